The molecule has 14 heavy (non-hydrogen) atoms. The van der Waals surface area contributed by atoms with Gasteiger partial charge in [-0.3, -0.25) is 0 Å². The van der Waals surface area contributed by atoms with E-state index < -0.39 is 5.60 Å². The van der Waals surface area contributed by atoms with Crippen LogP contribution in [0.3, 0.4) is 0 Å². The predicted molar refractivity (Wildman–Crippen MR) is 57.3 cm³/mol. The zero-order valence-electron chi connectivity index (χ0n) is 8.83. The third-order valence-electron chi connectivity index (χ3n) is 2.75. The molecule has 0 aromatic heterocycles. The van der Waals surface area contributed by atoms with Crippen LogP contribution in [0, 0.1) is 0 Å². The number of oxime groups is 1. The third-order valence-corrected chi connectivity index (χ3v) is 2.75. The van der Waals surface area contributed by atoms with E-state index in [0.29, 0.717) is 12.3 Å². The standard InChI is InChI=1S/C11H19NO2/c1-3-9-14-12-10(2)11(13)7-5-4-6-8-11/h3,13H,1,4-9H2,2H3/b12-10-. The Hall–Kier alpha value is -0.830. The van der Waals surface area contributed by atoms with Crippen molar-refractivity contribution in [1.29, 1.82) is 0 Å². The Morgan fingerprint density at radius 1 is 1.50 bits per heavy atom. The lowest BCUT2D eigenvalue weighted by atomic mass is 9.82. The molecular weight excluding hydrogens is 178 g/mol. The van der Waals surface area contributed by atoms with Crippen LogP contribution in [0.2, 0.25) is 0 Å². The highest BCUT2D eigenvalue weighted by Gasteiger charge is 2.32. The molecule has 0 saturated heterocycles. The van der Waals surface area contributed by atoms with Gasteiger partial charge in [0, 0.05) is 0 Å². The zero-order valence-corrected chi connectivity index (χ0v) is 8.83. The number of hydrogen-bond acceptors (Lipinski definition) is 3. The molecule has 3 heteroatoms. The van der Waals surface area contributed by atoms with Crippen molar-refractivity contribution in [3.8, 4) is 0 Å². The number of rotatable bonds is 4. The van der Waals surface area contributed by atoms with Gasteiger partial charge in [0.1, 0.15) is 12.2 Å². The summed E-state index contributed by atoms with van der Waals surface area (Å²) in [4.78, 5) is 4.97. The Kier molecular flexibility index (Phi) is 4.14. The molecule has 0 aliphatic heterocycles. The molecular formula is C11H19NO2. The second-order valence-electron chi connectivity index (χ2n) is 3.85. The topological polar surface area (TPSA) is 41.8 Å². The molecule has 0 bridgehead atoms. The minimum Gasteiger partial charge on any atom is -0.392 e. The van der Waals surface area contributed by atoms with Crippen molar-refractivity contribution in [2.24, 2.45) is 5.16 Å². The second kappa shape index (κ2) is 5.15. The minimum atomic E-state index is -0.723. The number of hydrogen-bond donors (Lipinski definition) is 1. The summed E-state index contributed by atoms with van der Waals surface area (Å²) in [5.74, 6) is 0. The van der Waals surface area contributed by atoms with E-state index in [9.17, 15) is 5.11 Å². The molecule has 1 N–H and O–H groups in total. The summed E-state index contributed by atoms with van der Waals surface area (Å²) in [5, 5.41) is 14.1. The second-order valence-corrected chi connectivity index (χ2v) is 3.85. The van der Waals surface area contributed by atoms with Crippen molar-refractivity contribution in [3.05, 3.63) is 12.7 Å². The predicted octanol–water partition coefficient (Wildman–Crippen LogP) is 2.26. The van der Waals surface area contributed by atoms with Gasteiger partial charge in [0.25, 0.3) is 0 Å². The van der Waals surface area contributed by atoms with Gasteiger partial charge < -0.3 is 9.94 Å². The van der Waals surface area contributed by atoms with Crippen molar-refractivity contribution < 1.29 is 9.94 Å². The van der Waals surface area contributed by atoms with E-state index in [2.05, 4.69) is 11.7 Å². The number of nitrogens with zero attached hydrogens (tertiary/aromatic N) is 1. The molecule has 0 atom stereocenters. The first-order valence-corrected chi connectivity index (χ1v) is 5.19. The van der Waals surface area contributed by atoms with Crippen molar-refractivity contribution in [3.63, 3.8) is 0 Å². The van der Waals surface area contributed by atoms with Gasteiger partial charge in [-0.25, -0.2) is 0 Å². The van der Waals surface area contributed by atoms with Crippen molar-refractivity contribution in [2.75, 3.05) is 6.61 Å². The van der Waals surface area contributed by atoms with E-state index in [1.54, 1.807) is 6.08 Å². The van der Waals surface area contributed by atoms with Gasteiger partial charge in [0.2, 0.25) is 0 Å². The van der Waals surface area contributed by atoms with Gasteiger partial charge in [0.15, 0.2) is 0 Å². The zero-order chi connectivity index (χ0) is 10.4. The maximum atomic E-state index is 10.2. The lowest BCUT2D eigenvalue weighted by Gasteiger charge is -2.31. The summed E-state index contributed by atoms with van der Waals surface area (Å²) in [6.07, 6.45) is 6.61. The molecule has 0 heterocycles. The maximum Gasteiger partial charge on any atom is 0.135 e. The summed E-state index contributed by atoms with van der Waals surface area (Å²) in [6.45, 7) is 5.75. The van der Waals surface area contributed by atoms with Crippen LogP contribution in [0.25, 0.3) is 0 Å². The molecule has 0 aromatic carbocycles. The summed E-state index contributed by atoms with van der Waals surface area (Å²) >= 11 is 0. The van der Waals surface area contributed by atoms with Crippen LogP contribution in [0.4, 0.5) is 0 Å². The summed E-state index contributed by atoms with van der Waals surface area (Å²) in [5.41, 5.74) is -0.0292. The van der Waals surface area contributed by atoms with E-state index in [1.807, 2.05) is 6.92 Å². The Balaban J connectivity index is 2.51. The molecule has 0 amide bonds. The molecule has 0 radical (unpaired) electrons. The highest BCUT2D eigenvalue weighted by molar-refractivity contribution is 5.89. The first-order chi connectivity index (χ1) is 6.69. The minimum absolute atomic E-state index is 0.396. The highest BCUT2D eigenvalue weighted by atomic mass is 16.6. The van der Waals surface area contributed by atoms with Crippen LogP contribution in [0.15, 0.2) is 17.8 Å². The first kappa shape index (κ1) is 11.2. The van der Waals surface area contributed by atoms with Gasteiger partial charge in [-0.1, -0.05) is 37.1 Å². The van der Waals surface area contributed by atoms with Crippen LogP contribution in [0.5, 0.6) is 0 Å². The summed E-state index contributed by atoms with van der Waals surface area (Å²) in [6, 6.07) is 0. The van der Waals surface area contributed by atoms with E-state index in [4.69, 9.17) is 4.84 Å². The largest absolute Gasteiger partial charge is 0.392 e. The third kappa shape index (κ3) is 2.84. The van der Waals surface area contributed by atoms with Crippen LogP contribution in [0.1, 0.15) is 39.0 Å². The molecule has 3 nitrogen and oxygen atoms in total. The molecule has 0 spiro atoms. The van der Waals surface area contributed by atoms with Gasteiger partial charge in [-0.05, 0) is 19.8 Å². The normalized spacial score (nSPS) is 21.7. The first-order valence-electron chi connectivity index (χ1n) is 5.19. The van der Waals surface area contributed by atoms with Crippen LogP contribution < -0.4 is 0 Å². The Morgan fingerprint density at radius 2 is 2.14 bits per heavy atom. The summed E-state index contributed by atoms with van der Waals surface area (Å²) < 4.78 is 0. The van der Waals surface area contributed by atoms with E-state index in [0.717, 1.165) is 25.7 Å². The molecule has 1 aliphatic carbocycles. The lowest BCUT2D eigenvalue weighted by molar-refractivity contribution is 0.0629. The Labute approximate surface area is 85.5 Å². The quantitative estimate of drug-likeness (QED) is 0.325. The van der Waals surface area contributed by atoms with Gasteiger partial charge in [-0.2, -0.15) is 0 Å². The van der Waals surface area contributed by atoms with E-state index in [-0.39, 0.29) is 0 Å². The van der Waals surface area contributed by atoms with Crippen LogP contribution >= 0.6 is 0 Å². The van der Waals surface area contributed by atoms with Crippen molar-refractivity contribution in [1.82, 2.24) is 0 Å². The smallest absolute Gasteiger partial charge is 0.135 e. The van der Waals surface area contributed by atoms with E-state index >= 15 is 0 Å². The molecule has 1 rings (SSSR count). The molecule has 0 aromatic rings. The fourth-order valence-corrected chi connectivity index (χ4v) is 1.77. The highest BCUT2D eigenvalue weighted by Crippen LogP contribution is 2.29. The molecule has 80 valence electrons. The van der Waals surface area contributed by atoms with Gasteiger partial charge in [-0.15, -0.1) is 0 Å². The van der Waals surface area contributed by atoms with Crippen molar-refractivity contribution in [2.45, 2.75) is 44.6 Å². The number of aliphatic hydroxyl groups is 1. The van der Waals surface area contributed by atoms with Crippen molar-refractivity contribution >= 4 is 5.71 Å². The monoisotopic (exact) mass is 197 g/mol. The summed E-state index contributed by atoms with van der Waals surface area (Å²) in [7, 11) is 0. The Bertz CT molecular complexity index is 217. The fourth-order valence-electron chi connectivity index (χ4n) is 1.77. The maximum absolute atomic E-state index is 10.2. The van der Waals surface area contributed by atoms with Crippen LogP contribution in [-0.2, 0) is 4.84 Å². The van der Waals surface area contributed by atoms with E-state index in [1.165, 1.54) is 6.42 Å². The average Bonchev–Trinajstić information content (AvgIpc) is 2.19. The Morgan fingerprint density at radius 3 is 2.71 bits per heavy atom. The molecule has 0 unspecified atom stereocenters. The van der Waals surface area contributed by atoms with Gasteiger partial charge >= 0.3 is 0 Å². The molecule has 1 saturated carbocycles. The van der Waals surface area contributed by atoms with Crippen LogP contribution in [-0.4, -0.2) is 23.0 Å². The SMILES string of the molecule is C=CCO/N=C(/C)C1(O)CCCCC1. The average molecular weight is 197 g/mol. The lowest BCUT2D eigenvalue weighted by Crippen LogP contribution is -2.39. The van der Waals surface area contributed by atoms with Gasteiger partial charge in [0.05, 0.1) is 5.71 Å². The molecule has 1 fully saturated rings. The fraction of sp³-hybridized carbons (Fsp3) is 0.727. The molecule has 1 aliphatic rings.